The number of benzene rings is 2. The van der Waals surface area contributed by atoms with Crippen molar-refractivity contribution >= 4 is 23.4 Å². The second-order valence-corrected chi connectivity index (χ2v) is 5.16. The summed E-state index contributed by atoms with van der Waals surface area (Å²) in [6.07, 6.45) is 3.15. The van der Waals surface area contributed by atoms with Gasteiger partial charge in [-0.3, -0.25) is 0 Å². The third-order valence-corrected chi connectivity index (χ3v) is 3.66. The lowest BCUT2D eigenvalue weighted by Crippen LogP contribution is -2.21. The molecule has 19 heavy (non-hydrogen) atoms. The van der Waals surface area contributed by atoms with Crippen LogP contribution in [0.4, 0.5) is 0 Å². The molecular formula is C16H21NOS. The van der Waals surface area contributed by atoms with Crippen LogP contribution < -0.4 is 10.5 Å². The fourth-order valence-electron chi connectivity index (χ4n) is 2.05. The van der Waals surface area contributed by atoms with Gasteiger partial charge in [-0.05, 0) is 42.2 Å². The molecule has 2 rings (SSSR count). The van der Waals surface area contributed by atoms with Gasteiger partial charge < -0.3 is 10.5 Å². The Morgan fingerprint density at radius 3 is 2.63 bits per heavy atom. The standard InChI is InChI=1S/C16H21NOS/c17-15(12-19)7-3-4-10-18-16-9-8-13-5-1-2-6-14(13)11-16/h1-2,5-6,8-9,11,15,19H,3-4,7,10,12,17H2/t15-/m1/s1. The summed E-state index contributed by atoms with van der Waals surface area (Å²) in [7, 11) is 0. The molecule has 0 aliphatic carbocycles. The number of unbranched alkanes of at least 4 members (excludes halogenated alkanes) is 1. The summed E-state index contributed by atoms with van der Waals surface area (Å²) in [5, 5.41) is 2.46. The van der Waals surface area contributed by atoms with E-state index in [2.05, 4.69) is 36.9 Å². The van der Waals surface area contributed by atoms with Crippen molar-refractivity contribution in [3.8, 4) is 5.75 Å². The minimum absolute atomic E-state index is 0.212. The number of thiol groups is 1. The van der Waals surface area contributed by atoms with Crippen molar-refractivity contribution in [3.63, 3.8) is 0 Å². The maximum atomic E-state index is 5.81. The largest absolute Gasteiger partial charge is 0.494 e. The van der Waals surface area contributed by atoms with Crippen LogP contribution in [0.25, 0.3) is 10.8 Å². The number of rotatable bonds is 7. The molecular weight excluding hydrogens is 254 g/mol. The zero-order chi connectivity index (χ0) is 13.5. The molecule has 0 bridgehead atoms. The Hall–Kier alpha value is -1.19. The molecule has 0 spiro atoms. The van der Waals surface area contributed by atoms with Crippen LogP contribution in [0.3, 0.4) is 0 Å². The highest BCUT2D eigenvalue weighted by atomic mass is 32.1. The number of nitrogens with two attached hydrogens (primary N) is 1. The molecule has 0 unspecified atom stereocenters. The van der Waals surface area contributed by atoms with Crippen molar-refractivity contribution in [2.45, 2.75) is 25.3 Å². The van der Waals surface area contributed by atoms with Crippen LogP contribution in [0.2, 0.25) is 0 Å². The Balaban J connectivity index is 1.78. The van der Waals surface area contributed by atoms with E-state index in [1.54, 1.807) is 0 Å². The highest BCUT2D eigenvalue weighted by molar-refractivity contribution is 7.80. The van der Waals surface area contributed by atoms with Gasteiger partial charge in [0.15, 0.2) is 0 Å². The van der Waals surface area contributed by atoms with Gasteiger partial charge in [-0.1, -0.05) is 30.3 Å². The van der Waals surface area contributed by atoms with E-state index in [-0.39, 0.29) is 6.04 Å². The second-order valence-electron chi connectivity index (χ2n) is 4.80. The normalized spacial score (nSPS) is 12.5. The molecule has 0 saturated heterocycles. The molecule has 0 aromatic heterocycles. The molecule has 2 aromatic carbocycles. The van der Waals surface area contributed by atoms with Gasteiger partial charge in [0.05, 0.1) is 6.61 Å². The first-order valence-electron chi connectivity index (χ1n) is 6.77. The molecule has 102 valence electrons. The van der Waals surface area contributed by atoms with Gasteiger partial charge in [-0.15, -0.1) is 0 Å². The first-order chi connectivity index (χ1) is 9.29. The molecule has 2 nitrogen and oxygen atoms in total. The summed E-state index contributed by atoms with van der Waals surface area (Å²) in [4.78, 5) is 0. The molecule has 2 N–H and O–H groups in total. The number of hydrogen-bond donors (Lipinski definition) is 2. The molecule has 0 heterocycles. The van der Waals surface area contributed by atoms with E-state index in [0.717, 1.165) is 37.4 Å². The molecule has 0 amide bonds. The zero-order valence-corrected chi connectivity index (χ0v) is 12.0. The van der Waals surface area contributed by atoms with Crippen molar-refractivity contribution < 1.29 is 4.74 Å². The fraction of sp³-hybridized carbons (Fsp3) is 0.375. The van der Waals surface area contributed by atoms with E-state index >= 15 is 0 Å². The first-order valence-corrected chi connectivity index (χ1v) is 7.41. The maximum absolute atomic E-state index is 5.81. The SMILES string of the molecule is N[C@@H](CS)CCCCOc1ccc2ccccc2c1. The smallest absolute Gasteiger partial charge is 0.119 e. The van der Waals surface area contributed by atoms with Gasteiger partial charge in [-0.2, -0.15) is 12.6 Å². The van der Waals surface area contributed by atoms with Gasteiger partial charge >= 0.3 is 0 Å². The Bertz CT molecular complexity index is 515. The quantitative estimate of drug-likeness (QED) is 0.597. The minimum atomic E-state index is 0.212. The summed E-state index contributed by atoms with van der Waals surface area (Å²) in [5.74, 6) is 1.70. The monoisotopic (exact) mass is 275 g/mol. The highest BCUT2D eigenvalue weighted by Gasteiger charge is 2.00. The zero-order valence-electron chi connectivity index (χ0n) is 11.1. The second kappa shape index (κ2) is 7.41. The topological polar surface area (TPSA) is 35.2 Å². The van der Waals surface area contributed by atoms with Gasteiger partial charge in [0.1, 0.15) is 5.75 Å². The van der Waals surface area contributed by atoms with E-state index < -0.39 is 0 Å². The molecule has 0 saturated carbocycles. The highest BCUT2D eigenvalue weighted by Crippen LogP contribution is 2.20. The summed E-state index contributed by atoms with van der Waals surface area (Å²) in [6.45, 7) is 0.748. The van der Waals surface area contributed by atoms with Crippen LogP contribution in [-0.4, -0.2) is 18.4 Å². The predicted molar refractivity (Wildman–Crippen MR) is 85.1 cm³/mol. The Morgan fingerprint density at radius 1 is 1.05 bits per heavy atom. The average molecular weight is 275 g/mol. The maximum Gasteiger partial charge on any atom is 0.119 e. The van der Waals surface area contributed by atoms with Crippen molar-refractivity contribution in [2.75, 3.05) is 12.4 Å². The van der Waals surface area contributed by atoms with E-state index in [1.807, 2.05) is 18.2 Å². The van der Waals surface area contributed by atoms with Crippen molar-refractivity contribution in [2.24, 2.45) is 5.73 Å². The number of ether oxygens (including phenoxy) is 1. The summed E-state index contributed by atoms with van der Waals surface area (Å²) in [5.41, 5.74) is 5.81. The molecule has 0 aliphatic rings. The number of fused-ring (bicyclic) bond motifs is 1. The Kier molecular flexibility index (Phi) is 5.55. The van der Waals surface area contributed by atoms with E-state index in [0.29, 0.717) is 0 Å². The van der Waals surface area contributed by atoms with Crippen LogP contribution >= 0.6 is 12.6 Å². The summed E-state index contributed by atoms with van der Waals surface area (Å²) < 4.78 is 5.77. The van der Waals surface area contributed by atoms with Gasteiger partial charge in [-0.25, -0.2) is 0 Å². The van der Waals surface area contributed by atoms with Crippen molar-refractivity contribution in [3.05, 3.63) is 42.5 Å². The Labute approximate surface area is 120 Å². The van der Waals surface area contributed by atoms with Crippen LogP contribution in [-0.2, 0) is 0 Å². The third kappa shape index (κ3) is 4.44. The third-order valence-electron chi connectivity index (χ3n) is 3.19. The van der Waals surface area contributed by atoms with Gasteiger partial charge in [0.2, 0.25) is 0 Å². The number of hydrogen-bond acceptors (Lipinski definition) is 3. The van der Waals surface area contributed by atoms with Crippen LogP contribution in [0, 0.1) is 0 Å². The van der Waals surface area contributed by atoms with Crippen molar-refractivity contribution in [1.29, 1.82) is 0 Å². The molecule has 0 radical (unpaired) electrons. The Morgan fingerprint density at radius 2 is 1.84 bits per heavy atom. The summed E-state index contributed by atoms with van der Waals surface area (Å²) >= 11 is 4.18. The van der Waals surface area contributed by atoms with E-state index in [9.17, 15) is 0 Å². The average Bonchev–Trinajstić information content (AvgIpc) is 2.46. The molecule has 0 aliphatic heterocycles. The fourth-order valence-corrected chi connectivity index (χ4v) is 2.23. The summed E-state index contributed by atoms with van der Waals surface area (Å²) in [6, 6.07) is 14.7. The minimum Gasteiger partial charge on any atom is -0.494 e. The van der Waals surface area contributed by atoms with Gasteiger partial charge in [0.25, 0.3) is 0 Å². The predicted octanol–water partition coefficient (Wildman–Crippen LogP) is 3.65. The lowest BCUT2D eigenvalue weighted by Gasteiger charge is -2.09. The lowest BCUT2D eigenvalue weighted by atomic mass is 10.1. The lowest BCUT2D eigenvalue weighted by molar-refractivity contribution is 0.304. The van der Waals surface area contributed by atoms with E-state index in [1.165, 1.54) is 10.8 Å². The van der Waals surface area contributed by atoms with Crippen LogP contribution in [0.5, 0.6) is 5.75 Å². The van der Waals surface area contributed by atoms with Crippen LogP contribution in [0.15, 0.2) is 42.5 Å². The molecule has 3 heteroatoms. The van der Waals surface area contributed by atoms with Gasteiger partial charge in [0, 0.05) is 11.8 Å². The van der Waals surface area contributed by atoms with Crippen molar-refractivity contribution in [1.82, 2.24) is 0 Å². The molecule has 1 atom stereocenters. The first kappa shape index (κ1) is 14.2. The van der Waals surface area contributed by atoms with E-state index in [4.69, 9.17) is 10.5 Å². The molecule has 0 fully saturated rings. The van der Waals surface area contributed by atoms with Crippen LogP contribution in [0.1, 0.15) is 19.3 Å². The molecule has 2 aromatic rings.